The lowest BCUT2D eigenvalue weighted by atomic mass is 10.2. The zero-order chi connectivity index (χ0) is 16.7. The van der Waals surface area contributed by atoms with Gasteiger partial charge in [-0.1, -0.05) is 25.1 Å². The molecule has 0 aliphatic carbocycles. The van der Waals surface area contributed by atoms with E-state index in [1.807, 2.05) is 37.3 Å². The summed E-state index contributed by atoms with van der Waals surface area (Å²) in [7, 11) is 1.57. The summed E-state index contributed by atoms with van der Waals surface area (Å²) in [5.41, 5.74) is 1.16. The molecule has 2 N–H and O–H groups in total. The minimum Gasteiger partial charge on any atom is -0.481 e. The number of carbonyl (C=O) groups is 2. The first kappa shape index (κ1) is 16.5. The first-order valence-electron chi connectivity index (χ1n) is 7.48. The Morgan fingerprint density at radius 2 is 1.70 bits per heavy atom. The fourth-order valence-corrected chi connectivity index (χ4v) is 2.06. The van der Waals surface area contributed by atoms with Crippen molar-refractivity contribution in [2.24, 2.45) is 0 Å². The van der Waals surface area contributed by atoms with E-state index >= 15 is 0 Å². The van der Waals surface area contributed by atoms with E-state index < -0.39 is 6.10 Å². The molecule has 0 heterocycles. The fourth-order valence-electron chi connectivity index (χ4n) is 2.06. The summed E-state index contributed by atoms with van der Waals surface area (Å²) in [6.45, 7) is 1.89. The second-order valence-corrected chi connectivity index (χ2v) is 4.97. The highest BCUT2D eigenvalue weighted by Crippen LogP contribution is 2.15. The van der Waals surface area contributed by atoms with Gasteiger partial charge in [0.25, 0.3) is 11.8 Å². The molecule has 0 saturated heterocycles. The number of nitrogens with one attached hydrogen (secondary N) is 2. The van der Waals surface area contributed by atoms with Gasteiger partial charge >= 0.3 is 0 Å². The van der Waals surface area contributed by atoms with Crippen LogP contribution in [-0.2, 0) is 4.79 Å². The molecule has 0 aromatic heterocycles. The molecule has 5 heteroatoms. The Hall–Kier alpha value is -2.82. The molecule has 2 amide bonds. The third-order valence-electron chi connectivity index (χ3n) is 3.33. The highest BCUT2D eigenvalue weighted by atomic mass is 16.5. The van der Waals surface area contributed by atoms with Crippen molar-refractivity contribution in [3.8, 4) is 5.75 Å². The van der Waals surface area contributed by atoms with Gasteiger partial charge in [0.15, 0.2) is 6.10 Å². The van der Waals surface area contributed by atoms with Crippen LogP contribution in [0.3, 0.4) is 0 Å². The van der Waals surface area contributed by atoms with E-state index in [1.165, 1.54) is 0 Å². The van der Waals surface area contributed by atoms with Crippen LogP contribution in [0.4, 0.5) is 5.69 Å². The van der Waals surface area contributed by atoms with Crippen LogP contribution in [0, 0.1) is 0 Å². The Balaban J connectivity index is 2.00. The molecule has 0 unspecified atom stereocenters. The van der Waals surface area contributed by atoms with Crippen molar-refractivity contribution in [1.29, 1.82) is 0 Å². The molecular weight excluding hydrogens is 292 g/mol. The Morgan fingerprint density at radius 3 is 2.26 bits per heavy atom. The van der Waals surface area contributed by atoms with Gasteiger partial charge in [0, 0.05) is 18.3 Å². The fraction of sp³-hybridized carbons (Fsp3) is 0.222. The van der Waals surface area contributed by atoms with Gasteiger partial charge in [0.2, 0.25) is 0 Å². The maximum absolute atomic E-state index is 12.3. The van der Waals surface area contributed by atoms with Crippen LogP contribution in [-0.4, -0.2) is 25.0 Å². The molecular formula is C18H20N2O3. The lowest BCUT2D eigenvalue weighted by Gasteiger charge is -2.17. The molecule has 0 aliphatic heterocycles. The van der Waals surface area contributed by atoms with E-state index in [0.717, 1.165) is 0 Å². The van der Waals surface area contributed by atoms with Crippen LogP contribution >= 0.6 is 0 Å². The molecule has 0 saturated carbocycles. The zero-order valence-electron chi connectivity index (χ0n) is 13.2. The van der Waals surface area contributed by atoms with Crippen molar-refractivity contribution in [2.75, 3.05) is 12.4 Å². The van der Waals surface area contributed by atoms with Crippen molar-refractivity contribution in [1.82, 2.24) is 5.32 Å². The largest absolute Gasteiger partial charge is 0.481 e. The Labute approximate surface area is 135 Å². The number of hydrogen-bond donors (Lipinski definition) is 2. The van der Waals surface area contributed by atoms with E-state index in [0.29, 0.717) is 23.4 Å². The van der Waals surface area contributed by atoms with E-state index in [2.05, 4.69) is 10.6 Å². The number of benzene rings is 2. The van der Waals surface area contributed by atoms with Crippen molar-refractivity contribution in [3.05, 3.63) is 60.2 Å². The Morgan fingerprint density at radius 1 is 1.04 bits per heavy atom. The average molecular weight is 312 g/mol. The lowest BCUT2D eigenvalue weighted by Crippen LogP contribution is -2.32. The van der Waals surface area contributed by atoms with Crippen LogP contribution in [0.5, 0.6) is 5.75 Å². The van der Waals surface area contributed by atoms with Gasteiger partial charge in [-0.25, -0.2) is 0 Å². The van der Waals surface area contributed by atoms with Gasteiger partial charge in [0.1, 0.15) is 5.75 Å². The highest BCUT2D eigenvalue weighted by Gasteiger charge is 2.18. The number of carbonyl (C=O) groups excluding carboxylic acids is 2. The van der Waals surface area contributed by atoms with Crippen LogP contribution in [0.1, 0.15) is 23.7 Å². The number of ether oxygens (including phenoxy) is 1. The lowest BCUT2D eigenvalue weighted by molar-refractivity contribution is -0.122. The minimum atomic E-state index is -0.573. The molecule has 0 spiro atoms. The summed E-state index contributed by atoms with van der Waals surface area (Å²) in [5.74, 6) is 0.273. The molecule has 120 valence electrons. The van der Waals surface area contributed by atoms with E-state index in [1.54, 1.807) is 31.3 Å². The third-order valence-corrected chi connectivity index (χ3v) is 3.33. The third kappa shape index (κ3) is 4.57. The topological polar surface area (TPSA) is 67.4 Å². The summed E-state index contributed by atoms with van der Waals surface area (Å²) < 4.78 is 5.70. The second kappa shape index (κ2) is 7.98. The SMILES string of the molecule is CC[C@H](Oc1ccccc1)C(=O)Nc1ccc(C(=O)NC)cc1. The number of rotatable bonds is 6. The van der Waals surface area contributed by atoms with Gasteiger partial charge in [-0.2, -0.15) is 0 Å². The molecule has 2 aromatic carbocycles. The Bertz CT molecular complexity index is 654. The molecule has 5 nitrogen and oxygen atoms in total. The molecule has 23 heavy (non-hydrogen) atoms. The number of amides is 2. The van der Waals surface area contributed by atoms with Gasteiger partial charge in [-0.15, -0.1) is 0 Å². The monoisotopic (exact) mass is 312 g/mol. The molecule has 0 radical (unpaired) electrons. The summed E-state index contributed by atoms with van der Waals surface area (Å²) in [6.07, 6.45) is -0.0205. The van der Waals surface area contributed by atoms with Crippen molar-refractivity contribution in [2.45, 2.75) is 19.4 Å². The predicted octanol–water partition coefficient (Wildman–Crippen LogP) is 2.84. The van der Waals surface area contributed by atoms with Crippen LogP contribution in [0.25, 0.3) is 0 Å². The second-order valence-electron chi connectivity index (χ2n) is 4.97. The van der Waals surface area contributed by atoms with E-state index in [9.17, 15) is 9.59 Å². The average Bonchev–Trinajstić information content (AvgIpc) is 2.60. The van der Waals surface area contributed by atoms with Gasteiger partial charge < -0.3 is 15.4 Å². The van der Waals surface area contributed by atoms with Crippen molar-refractivity contribution in [3.63, 3.8) is 0 Å². The van der Waals surface area contributed by atoms with Crippen LogP contribution < -0.4 is 15.4 Å². The first-order valence-corrected chi connectivity index (χ1v) is 7.48. The normalized spacial score (nSPS) is 11.4. The van der Waals surface area contributed by atoms with E-state index in [4.69, 9.17) is 4.74 Å². The number of hydrogen-bond acceptors (Lipinski definition) is 3. The first-order chi connectivity index (χ1) is 11.1. The predicted molar refractivity (Wildman–Crippen MR) is 89.6 cm³/mol. The summed E-state index contributed by atoms with van der Waals surface area (Å²) in [6, 6.07) is 15.9. The maximum Gasteiger partial charge on any atom is 0.265 e. The van der Waals surface area contributed by atoms with Gasteiger partial charge in [-0.3, -0.25) is 9.59 Å². The van der Waals surface area contributed by atoms with Gasteiger partial charge in [-0.05, 0) is 42.8 Å². The number of para-hydroxylation sites is 1. The molecule has 2 aromatic rings. The van der Waals surface area contributed by atoms with Crippen LogP contribution in [0.15, 0.2) is 54.6 Å². The smallest absolute Gasteiger partial charge is 0.265 e. The highest BCUT2D eigenvalue weighted by molar-refractivity contribution is 5.96. The number of anilines is 1. The maximum atomic E-state index is 12.3. The summed E-state index contributed by atoms with van der Waals surface area (Å²) >= 11 is 0. The Kier molecular flexibility index (Phi) is 5.74. The quantitative estimate of drug-likeness (QED) is 0.862. The van der Waals surface area contributed by atoms with Gasteiger partial charge in [0.05, 0.1) is 0 Å². The van der Waals surface area contributed by atoms with Crippen molar-refractivity contribution < 1.29 is 14.3 Å². The molecule has 0 aliphatic rings. The standard InChI is InChI=1S/C18H20N2O3/c1-3-16(23-15-7-5-4-6-8-15)18(22)20-14-11-9-13(10-12-14)17(21)19-2/h4-12,16H,3H2,1-2H3,(H,19,21)(H,20,22)/t16-/m0/s1. The molecule has 0 bridgehead atoms. The van der Waals surface area contributed by atoms with E-state index in [-0.39, 0.29) is 11.8 Å². The zero-order valence-corrected chi connectivity index (χ0v) is 13.2. The summed E-state index contributed by atoms with van der Waals surface area (Å²) in [4.78, 5) is 23.8. The molecule has 0 fully saturated rings. The molecule has 2 rings (SSSR count). The minimum absolute atomic E-state index is 0.165. The van der Waals surface area contributed by atoms with Crippen LogP contribution in [0.2, 0.25) is 0 Å². The molecule has 1 atom stereocenters. The van der Waals surface area contributed by atoms with Crippen molar-refractivity contribution >= 4 is 17.5 Å². The summed E-state index contributed by atoms with van der Waals surface area (Å²) in [5, 5.41) is 5.35.